The molecule has 2 aromatic carbocycles. The molecule has 2 heterocycles. The zero-order chi connectivity index (χ0) is 20.4. The van der Waals surface area contributed by atoms with Crippen LogP contribution in [0.15, 0.2) is 59.4 Å². The molecule has 1 aromatic heterocycles. The monoisotopic (exact) mass is 390 g/mol. The molecule has 0 saturated carbocycles. The molecule has 1 aliphatic rings. The summed E-state index contributed by atoms with van der Waals surface area (Å²) in [6.45, 7) is 3.29. The van der Waals surface area contributed by atoms with E-state index in [-0.39, 0.29) is 11.5 Å². The minimum atomic E-state index is -0.178. The van der Waals surface area contributed by atoms with E-state index < -0.39 is 0 Å². The molecule has 1 amide bonds. The Morgan fingerprint density at radius 1 is 1.10 bits per heavy atom. The van der Waals surface area contributed by atoms with Crippen LogP contribution in [0.4, 0.5) is 0 Å². The van der Waals surface area contributed by atoms with E-state index in [4.69, 9.17) is 9.47 Å². The zero-order valence-electron chi connectivity index (χ0n) is 16.4. The van der Waals surface area contributed by atoms with Crippen molar-refractivity contribution in [2.24, 2.45) is 0 Å². The number of para-hydroxylation sites is 1. The first-order valence-corrected chi connectivity index (χ1v) is 9.45. The summed E-state index contributed by atoms with van der Waals surface area (Å²) in [4.78, 5) is 29.1. The number of H-pyrrole nitrogens is 1. The molecule has 6 heteroatoms. The first-order chi connectivity index (χ1) is 14.0. The number of ether oxygens (including phenoxy) is 2. The summed E-state index contributed by atoms with van der Waals surface area (Å²) < 4.78 is 11.2. The van der Waals surface area contributed by atoms with Crippen LogP contribution in [0.3, 0.4) is 0 Å². The Kier molecular flexibility index (Phi) is 5.08. The third kappa shape index (κ3) is 4.01. The topological polar surface area (TPSA) is 71.6 Å². The number of fused-ring (bicyclic) bond motifs is 2. The van der Waals surface area contributed by atoms with Gasteiger partial charge in [0.15, 0.2) is 11.5 Å². The van der Waals surface area contributed by atoms with E-state index in [1.807, 2.05) is 49.4 Å². The average Bonchev–Trinajstić information content (AvgIpc) is 2.73. The van der Waals surface area contributed by atoms with Gasteiger partial charge in [0.05, 0.1) is 0 Å². The van der Waals surface area contributed by atoms with Crippen molar-refractivity contribution in [3.63, 3.8) is 0 Å². The molecule has 6 nitrogen and oxygen atoms in total. The van der Waals surface area contributed by atoms with Gasteiger partial charge in [-0.15, -0.1) is 0 Å². The van der Waals surface area contributed by atoms with Crippen LogP contribution in [-0.2, 0) is 11.3 Å². The largest absolute Gasteiger partial charge is 0.486 e. The van der Waals surface area contributed by atoms with Crippen molar-refractivity contribution < 1.29 is 14.3 Å². The van der Waals surface area contributed by atoms with Gasteiger partial charge in [0.25, 0.3) is 0 Å². The fraction of sp³-hybridized carbons (Fsp3) is 0.217. The summed E-state index contributed by atoms with van der Waals surface area (Å²) in [5, 5.41) is 0.930. The fourth-order valence-electron chi connectivity index (χ4n) is 3.41. The SMILES string of the molecule is CC(=CC(=O)N(C)Cc1cc(=O)[nH]c2ccccc12)c1ccc2c(c1)OCCO2. The van der Waals surface area contributed by atoms with Crippen LogP contribution in [0.5, 0.6) is 11.5 Å². The van der Waals surface area contributed by atoms with Gasteiger partial charge in [-0.2, -0.15) is 0 Å². The number of hydrogen-bond donors (Lipinski definition) is 1. The summed E-state index contributed by atoms with van der Waals surface area (Å²) in [5.41, 5.74) is 3.12. The number of carbonyl (C=O) groups is 1. The number of allylic oxidation sites excluding steroid dienone is 1. The highest BCUT2D eigenvalue weighted by Gasteiger charge is 2.14. The van der Waals surface area contributed by atoms with Crippen LogP contribution in [0, 0.1) is 0 Å². The molecule has 0 aliphatic carbocycles. The molecule has 4 rings (SSSR count). The molecule has 0 saturated heterocycles. The molecule has 29 heavy (non-hydrogen) atoms. The maximum absolute atomic E-state index is 12.7. The molecule has 0 spiro atoms. The van der Waals surface area contributed by atoms with Crippen molar-refractivity contribution in [1.82, 2.24) is 9.88 Å². The molecule has 0 unspecified atom stereocenters. The predicted molar refractivity (Wildman–Crippen MR) is 112 cm³/mol. The minimum Gasteiger partial charge on any atom is -0.486 e. The molecule has 0 atom stereocenters. The molecular weight excluding hydrogens is 368 g/mol. The Hall–Kier alpha value is -3.54. The lowest BCUT2D eigenvalue weighted by Gasteiger charge is -2.19. The van der Waals surface area contributed by atoms with Crippen molar-refractivity contribution in [1.29, 1.82) is 0 Å². The number of nitrogens with zero attached hydrogens (tertiary/aromatic N) is 1. The Morgan fingerprint density at radius 2 is 1.86 bits per heavy atom. The summed E-state index contributed by atoms with van der Waals surface area (Å²) in [6, 6.07) is 14.8. The molecule has 3 aromatic rings. The quantitative estimate of drug-likeness (QED) is 0.694. The van der Waals surface area contributed by atoms with Crippen LogP contribution < -0.4 is 15.0 Å². The van der Waals surface area contributed by atoms with Gasteiger partial charge >= 0.3 is 0 Å². The number of rotatable bonds is 4. The van der Waals surface area contributed by atoms with E-state index >= 15 is 0 Å². The predicted octanol–water partition coefficient (Wildman–Crippen LogP) is 3.36. The van der Waals surface area contributed by atoms with E-state index in [1.165, 1.54) is 0 Å². The number of pyridine rings is 1. The van der Waals surface area contributed by atoms with Gasteiger partial charge < -0.3 is 19.4 Å². The fourth-order valence-corrected chi connectivity index (χ4v) is 3.41. The number of aromatic nitrogens is 1. The van der Waals surface area contributed by atoms with Crippen molar-refractivity contribution in [3.05, 3.63) is 76.1 Å². The van der Waals surface area contributed by atoms with Crippen LogP contribution >= 0.6 is 0 Å². The first kappa shape index (κ1) is 18.8. The maximum Gasteiger partial charge on any atom is 0.248 e. The maximum atomic E-state index is 12.7. The summed E-state index contributed by atoms with van der Waals surface area (Å²) in [5.74, 6) is 1.27. The molecule has 148 valence electrons. The molecule has 1 N–H and O–H groups in total. The van der Waals surface area contributed by atoms with Crippen LogP contribution in [-0.4, -0.2) is 36.1 Å². The number of aromatic amines is 1. The van der Waals surface area contributed by atoms with Crippen molar-refractivity contribution in [2.45, 2.75) is 13.5 Å². The van der Waals surface area contributed by atoms with Gasteiger partial charge in [-0.1, -0.05) is 24.3 Å². The number of likely N-dealkylation sites (N-methyl/N-ethyl adjacent to an activating group) is 1. The summed E-state index contributed by atoms with van der Waals surface area (Å²) in [6.07, 6.45) is 1.60. The Morgan fingerprint density at radius 3 is 2.69 bits per heavy atom. The van der Waals surface area contributed by atoms with E-state index in [0.29, 0.717) is 25.5 Å². The molecule has 0 bridgehead atoms. The molecule has 0 fully saturated rings. The number of benzene rings is 2. The first-order valence-electron chi connectivity index (χ1n) is 9.45. The summed E-state index contributed by atoms with van der Waals surface area (Å²) >= 11 is 0. The van der Waals surface area contributed by atoms with Crippen molar-refractivity contribution >= 4 is 22.4 Å². The van der Waals surface area contributed by atoms with Gasteiger partial charge in [0.1, 0.15) is 13.2 Å². The number of amides is 1. The highest BCUT2D eigenvalue weighted by atomic mass is 16.6. The van der Waals surface area contributed by atoms with E-state index in [9.17, 15) is 9.59 Å². The highest BCUT2D eigenvalue weighted by Crippen LogP contribution is 2.32. The lowest BCUT2D eigenvalue weighted by Crippen LogP contribution is -2.25. The van der Waals surface area contributed by atoms with Gasteiger partial charge in [0, 0.05) is 36.6 Å². The molecule has 1 aliphatic heterocycles. The van der Waals surface area contributed by atoms with Crippen molar-refractivity contribution in [2.75, 3.05) is 20.3 Å². The van der Waals surface area contributed by atoms with Crippen LogP contribution in [0.25, 0.3) is 16.5 Å². The third-order valence-electron chi connectivity index (χ3n) is 4.96. The second-order valence-electron chi connectivity index (χ2n) is 7.08. The zero-order valence-corrected chi connectivity index (χ0v) is 16.4. The highest BCUT2D eigenvalue weighted by molar-refractivity contribution is 5.95. The lowest BCUT2D eigenvalue weighted by molar-refractivity contribution is -0.125. The van der Waals surface area contributed by atoms with E-state index in [0.717, 1.165) is 33.4 Å². The van der Waals surface area contributed by atoms with Crippen molar-refractivity contribution in [3.8, 4) is 11.5 Å². The minimum absolute atomic E-state index is 0.137. The van der Waals surface area contributed by atoms with Gasteiger partial charge in [-0.25, -0.2) is 0 Å². The normalized spacial score (nSPS) is 13.4. The Balaban J connectivity index is 1.55. The van der Waals surface area contributed by atoms with Crippen LogP contribution in [0.1, 0.15) is 18.1 Å². The molecular formula is C23H22N2O4. The Bertz CT molecular complexity index is 1160. The standard InChI is InChI=1S/C23H22N2O4/c1-15(16-7-8-20-21(12-16)29-10-9-28-20)11-23(27)25(2)14-17-13-22(26)24-19-6-4-3-5-18(17)19/h3-8,11-13H,9-10,14H2,1-2H3,(H,24,26). The van der Waals surface area contributed by atoms with Gasteiger partial charge in [0.2, 0.25) is 11.5 Å². The van der Waals surface area contributed by atoms with Gasteiger partial charge in [-0.3, -0.25) is 9.59 Å². The number of carbonyl (C=O) groups excluding carboxylic acids is 1. The second-order valence-corrected chi connectivity index (χ2v) is 7.08. The summed E-state index contributed by atoms with van der Waals surface area (Å²) in [7, 11) is 1.73. The average molecular weight is 390 g/mol. The van der Waals surface area contributed by atoms with Gasteiger partial charge in [-0.05, 0) is 41.8 Å². The van der Waals surface area contributed by atoms with E-state index in [2.05, 4.69) is 4.98 Å². The lowest BCUT2D eigenvalue weighted by atomic mass is 10.1. The van der Waals surface area contributed by atoms with Crippen LogP contribution in [0.2, 0.25) is 0 Å². The number of hydrogen-bond acceptors (Lipinski definition) is 4. The third-order valence-corrected chi connectivity index (χ3v) is 4.96. The van der Waals surface area contributed by atoms with E-state index in [1.54, 1.807) is 24.1 Å². The molecule has 0 radical (unpaired) electrons. The Labute approximate surface area is 168 Å². The number of nitrogens with one attached hydrogen (secondary N) is 1. The smallest absolute Gasteiger partial charge is 0.248 e. The second kappa shape index (κ2) is 7.83.